The smallest absolute Gasteiger partial charge is 0.261 e. The molecule has 0 spiro atoms. The van der Waals surface area contributed by atoms with Gasteiger partial charge in [0.2, 0.25) is 5.91 Å². The fourth-order valence-corrected chi connectivity index (χ4v) is 2.54. The molecule has 2 aromatic rings. The molecule has 28 heavy (non-hydrogen) atoms. The van der Waals surface area contributed by atoms with E-state index in [1.807, 2.05) is 18.2 Å². The third-order valence-corrected chi connectivity index (χ3v) is 4.14. The lowest BCUT2D eigenvalue weighted by atomic mass is 10.1. The van der Waals surface area contributed by atoms with E-state index in [1.54, 1.807) is 38.3 Å². The molecule has 2 amide bonds. The molecule has 150 valence electrons. The van der Waals surface area contributed by atoms with E-state index in [0.717, 1.165) is 0 Å². The van der Waals surface area contributed by atoms with Gasteiger partial charge in [-0.05, 0) is 36.8 Å². The molecule has 7 heteroatoms. The number of carbonyl (C=O) groups excluding carboxylic acids is 2. The number of carbonyl (C=O) groups is 2. The number of amides is 2. The first-order chi connectivity index (χ1) is 13.5. The summed E-state index contributed by atoms with van der Waals surface area (Å²) in [4.78, 5) is 26.6. The van der Waals surface area contributed by atoms with Crippen LogP contribution in [-0.4, -0.2) is 49.6 Å². The molecule has 0 bridgehead atoms. The van der Waals surface area contributed by atoms with Crippen LogP contribution in [-0.2, 0) is 20.9 Å². The van der Waals surface area contributed by atoms with Crippen LogP contribution in [0.2, 0.25) is 0 Å². The quantitative estimate of drug-likeness (QED) is 0.635. The zero-order valence-corrected chi connectivity index (χ0v) is 16.1. The van der Waals surface area contributed by atoms with Crippen LogP contribution in [0.5, 0.6) is 5.75 Å². The number of ether oxygens (including phenoxy) is 2. The number of para-hydroxylation sites is 1. The summed E-state index contributed by atoms with van der Waals surface area (Å²) in [6.45, 7) is 2.32. The second kappa shape index (κ2) is 11.0. The molecule has 6 nitrogen and oxygen atoms in total. The first-order valence-corrected chi connectivity index (χ1v) is 8.99. The summed E-state index contributed by atoms with van der Waals surface area (Å²) in [5.74, 6) is -0.441. The van der Waals surface area contributed by atoms with E-state index in [0.29, 0.717) is 24.5 Å². The third-order valence-electron chi connectivity index (χ3n) is 4.14. The van der Waals surface area contributed by atoms with Crippen LogP contribution in [0.1, 0.15) is 12.5 Å². The predicted molar refractivity (Wildman–Crippen MR) is 103 cm³/mol. The molecule has 0 aliphatic heterocycles. The molecule has 0 aliphatic rings. The van der Waals surface area contributed by atoms with E-state index >= 15 is 0 Å². The molecule has 0 aromatic heterocycles. The van der Waals surface area contributed by atoms with Gasteiger partial charge in [0.05, 0.1) is 6.61 Å². The van der Waals surface area contributed by atoms with Gasteiger partial charge in [-0.3, -0.25) is 9.59 Å². The molecule has 0 radical (unpaired) electrons. The molecule has 1 unspecified atom stereocenters. The number of hydrogen-bond acceptors (Lipinski definition) is 4. The summed E-state index contributed by atoms with van der Waals surface area (Å²) in [5.41, 5.74) is 0.714. The monoisotopic (exact) mass is 388 g/mol. The summed E-state index contributed by atoms with van der Waals surface area (Å²) < 4.78 is 23.6. The Morgan fingerprint density at radius 2 is 1.79 bits per heavy atom. The van der Waals surface area contributed by atoms with Crippen molar-refractivity contribution in [3.63, 3.8) is 0 Å². The Morgan fingerprint density at radius 1 is 1.11 bits per heavy atom. The topological polar surface area (TPSA) is 67.9 Å². The Morgan fingerprint density at radius 3 is 2.43 bits per heavy atom. The van der Waals surface area contributed by atoms with E-state index in [4.69, 9.17) is 9.47 Å². The molecule has 0 aliphatic carbocycles. The zero-order valence-electron chi connectivity index (χ0n) is 16.1. The van der Waals surface area contributed by atoms with Gasteiger partial charge in [0, 0.05) is 20.2 Å². The second-order valence-corrected chi connectivity index (χ2v) is 6.21. The van der Waals surface area contributed by atoms with Crippen LogP contribution < -0.4 is 10.1 Å². The highest BCUT2D eigenvalue weighted by atomic mass is 19.1. The van der Waals surface area contributed by atoms with Gasteiger partial charge in [-0.15, -0.1) is 0 Å². The van der Waals surface area contributed by atoms with E-state index in [2.05, 4.69) is 5.32 Å². The van der Waals surface area contributed by atoms with Crippen LogP contribution in [0, 0.1) is 5.82 Å². The van der Waals surface area contributed by atoms with Gasteiger partial charge in [0.1, 0.15) is 17.6 Å². The molecule has 0 saturated carbocycles. The molecule has 0 saturated heterocycles. The Kier molecular flexibility index (Phi) is 8.42. The minimum absolute atomic E-state index is 0.163. The molecule has 1 N–H and O–H groups in total. The summed E-state index contributed by atoms with van der Waals surface area (Å²) in [6, 6.07) is 14.0. The summed E-state index contributed by atoms with van der Waals surface area (Å²) >= 11 is 0. The lowest BCUT2D eigenvalue weighted by Crippen LogP contribution is -2.49. The number of methoxy groups -OCH3 is 1. The van der Waals surface area contributed by atoms with Gasteiger partial charge < -0.3 is 19.7 Å². The largest absolute Gasteiger partial charge is 0.484 e. The highest BCUT2D eigenvalue weighted by Gasteiger charge is 2.26. The van der Waals surface area contributed by atoms with E-state index in [9.17, 15) is 14.0 Å². The Hall–Kier alpha value is -2.93. The van der Waals surface area contributed by atoms with Crippen LogP contribution in [0.3, 0.4) is 0 Å². The summed E-state index contributed by atoms with van der Waals surface area (Å²) in [5, 5.41) is 2.73. The van der Waals surface area contributed by atoms with Gasteiger partial charge >= 0.3 is 0 Å². The van der Waals surface area contributed by atoms with Crippen molar-refractivity contribution in [2.45, 2.75) is 19.5 Å². The van der Waals surface area contributed by atoms with Gasteiger partial charge in [-0.1, -0.05) is 30.3 Å². The lowest BCUT2D eigenvalue weighted by molar-refractivity contribution is -0.142. The molecule has 0 fully saturated rings. The minimum Gasteiger partial charge on any atom is -0.484 e. The number of rotatable bonds is 10. The van der Waals surface area contributed by atoms with Gasteiger partial charge in [0.25, 0.3) is 5.91 Å². The number of halogens is 1. The van der Waals surface area contributed by atoms with Crippen LogP contribution in [0.25, 0.3) is 0 Å². The van der Waals surface area contributed by atoms with Crippen molar-refractivity contribution in [2.24, 2.45) is 0 Å². The maximum atomic E-state index is 13.2. The number of hydrogen-bond donors (Lipinski definition) is 1. The van der Waals surface area contributed by atoms with Gasteiger partial charge in [0.15, 0.2) is 6.61 Å². The first-order valence-electron chi connectivity index (χ1n) is 8.99. The van der Waals surface area contributed by atoms with E-state index in [1.165, 1.54) is 17.0 Å². The molecule has 0 heterocycles. The zero-order chi connectivity index (χ0) is 20.4. The summed E-state index contributed by atoms with van der Waals surface area (Å²) in [7, 11) is 1.54. The maximum absolute atomic E-state index is 13.2. The third kappa shape index (κ3) is 6.66. The number of nitrogens with one attached hydrogen (secondary N) is 1. The average Bonchev–Trinajstić information content (AvgIpc) is 2.72. The predicted octanol–water partition coefficient (Wildman–Crippen LogP) is 2.38. The fourth-order valence-electron chi connectivity index (χ4n) is 2.54. The van der Waals surface area contributed by atoms with Crippen LogP contribution in [0.4, 0.5) is 4.39 Å². The van der Waals surface area contributed by atoms with Crippen molar-refractivity contribution in [2.75, 3.05) is 26.9 Å². The van der Waals surface area contributed by atoms with Crippen molar-refractivity contribution in [3.8, 4) is 5.75 Å². The molecule has 2 aromatic carbocycles. The lowest BCUT2D eigenvalue weighted by Gasteiger charge is -2.28. The summed E-state index contributed by atoms with van der Waals surface area (Å²) in [6.07, 6.45) is 0. The molecule has 2 rings (SSSR count). The molecular formula is C21H25FN2O4. The SMILES string of the molecule is COCCNC(=O)C(C)N(Cc1ccc(F)cc1)C(=O)COc1ccccc1. The fraction of sp³-hybridized carbons (Fsp3) is 0.333. The Balaban J connectivity index is 2.08. The highest BCUT2D eigenvalue weighted by molar-refractivity contribution is 5.87. The van der Waals surface area contributed by atoms with Gasteiger partial charge in [-0.2, -0.15) is 0 Å². The van der Waals surface area contributed by atoms with Gasteiger partial charge in [-0.25, -0.2) is 4.39 Å². The normalized spacial score (nSPS) is 11.5. The van der Waals surface area contributed by atoms with Crippen molar-refractivity contribution in [1.82, 2.24) is 10.2 Å². The molecule has 1 atom stereocenters. The average molecular weight is 388 g/mol. The Bertz CT molecular complexity index is 753. The van der Waals surface area contributed by atoms with Crippen molar-refractivity contribution in [3.05, 3.63) is 66.0 Å². The van der Waals surface area contributed by atoms with Crippen molar-refractivity contribution >= 4 is 11.8 Å². The van der Waals surface area contributed by atoms with Crippen molar-refractivity contribution in [1.29, 1.82) is 0 Å². The van der Waals surface area contributed by atoms with Crippen LogP contribution in [0.15, 0.2) is 54.6 Å². The van der Waals surface area contributed by atoms with E-state index in [-0.39, 0.29) is 30.8 Å². The maximum Gasteiger partial charge on any atom is 0.261 e. The van der Waals surface area contributed by atoms with Crippen LogP contribution >= 0.6 is 0 Å². The number of nitrogens with zero attached hydrogens (tertiary/aromatic N) is 1. The first kappa shape index (κ1) is 21.4. The van der Waals surface area contributed by atoms with E-state index < -0.39 is 6.04 Å². The second-order valence-electron chi connectivity index (χ2n) is 6.21. The Labute approximate surface area is 164 Å². The number of benzene rings is 2. The molecular weight excluding hydrogens is 363 g/mol. The minimum atomic E-state index is -0.728. The highest BCUT2D eigenvalue weighted by Crippen LogP contribution is 2.13. The standard InChI is InChI=1S/C21H25FN2O4/c1-16(21(26)23-12-13-27-2)24(14-17-8-10-18(22)11-9-17)20(25)15-28-19-6-4-3-5-7-19/h3-11,16H,12-15H2,1-2H3,(H,23,26). The van der Waals surface area contributed by atoms with Crippen molar-refractivity contribution < 1.29 is 23.5 Å².